The van der Waals surface area contributed by atoms with E-state index < -0.39 is 0 Å². The van der Waals surface area contributed by atoms with Crippen LogP contribution in [0.2, 0.25) is 0 Å². The normalized spacial score (nSPS) is 19.9. The number of aryl methyl sites for hydroxylation is 1. The zero-order valence-electron chi connectivity index (χ0n) is 14.6. The monoisotopic (exact) mass is 337 g/mol. The van der Waals surface area contributed by atoms with Crippen LogP contribution in [0.3, 0.4) is 0 Å². The Morgan fingerprint density at radius 1 is 1.28 bits per heavy atom. The lowest BCUT2D eigenvalue weighted by Crippen LogP contribution is -2.33. The van der Waals surface area contributed by atoms with Gasteiger partial charge < -0.3 is 10.2 Å². The van der Waals surface area contributed by atoms with Gasteiger partial charge in [0.2, 0.25) is 11.8 Å². The minimum absolute atomic E-state index is 0.0108. The number of pyridine rings is 1. The molecule has 2 heterocycles. The molecule has 0 radical (unpaired) electrons. The Hall–Kier alpha value is -2.69. The predicted octanol–water partition coefficient (Wildman–Crippen LogP) is 2.27. The van der Waals surface area contributed by atoms with Crippen molar-refractivity contribution in [1.82, 2.24) is 15.2 Å². The van der Waals surface area contributed by atoms with E-state index in [9.17, 15) is 9.59 Å². The van der Waals surface area contributed by atoms with Crippen LogP contribution in [0.15, 0.2) is 48.8 Å². The van der Waals surface area contributed by atoms with Crippen LogP contribution in [-0.4, -0.2) is 35.3 Å². The first kappa shape index (κ1) is 17.1. The molecule has 5 heteroatoms. The van der Waals surface area contributed by atoms with Gasteiger partial charge in [0.05, 0.1) is 12.5 Å². The molecule has 2 atom stereocenters. The van der Waals surface area contributed by atoms with Crippen molar-refractivity contribution in [2.24, 2.45) is 5.92 Å². The Bertz CT molecular complexity index is 761. The summed E-state index contributed by atoms with van der Waals surface area (Å²) in [6.45, 7) is 2.45. The van der Waals surface area contributed by atoms with Crippen molar-refractivity contribution >= 4 is 11.8 Å². The Morgan fingerprint density at radius 2 is 2.04 bits per heavy atom. The zero-order valence-corrected chi connectivity index (χ0v) is 14.6. The number of hydrogen-bond acceptors (Lipinski definition) is 3. The number of amides is 2. The summed E-state index contributed by atoms with van der Waals surface area (Å²) in [5.41, 5.74) is 3.10. The molecule has 1 aromatic heterocycles. The summed E-state index contributed by atoms with van der Waals surface area (Å²) in [7, 11) is 1.84. The number of nitrogens with one attached hydrogen (secondary N) is 1. The van der Waals surface area contributed by atoms with Gasteiger partial charge in [-0.2, -0.15) is 0 Å². The number of aromatic nitrogens is 1. The maximum Gasteiger partial charge on any atom is 0.224 e. The Kier molecular flexibility index (Phi) is 5.12. The van der Waals surface area contributed by atoms with E-state index in [1.54, 1.807) is 17.3 Å². The van der Waals surface area contributed by atoms with Crippen LogP contribution in [0, 0.1) is 12.8 Å². The molecular formula is C20H23N3O2. The molecule has 2 aromatic rings. The van der Waals surface area contributed by atoms with E-state index in [4.69, 9.17) is 0 Å². The molecule has 0 saturated carbocycles. The first-order valence-electron chi connectivity index (χ1n) is 8.53. The minimum atomic E-state index is -0.0249. The molecule has 1 fully saturated rings. The van der Waals surface area contributed by atoms with Gasteiger partial charge in [0, 0.05) is 38.3 Å². The van der Waals surface area contributed by atoms with Crippen molar-refractivity contribution < 1.29 is 9.59 Å². The van der Waals surface area contributed by atoms with Crippen LogP contribution in [-0.2, 0) is 16.0 Å². The number of rotatable bonds is 5. The first-order chi connectivity index (χ1) is 12.1. The Morgan fingerprint density at radius 3 is 2.76 bits per heavy atom. The van der Waals surface area contributed by atoms with Crippen molar-refractivity contribution in [3.63, 3.8) is 0 Å². The molecule has 130 valence electrons. The fourth-order valence-electron chi connectivity index (χ4n) is 3.46. The van der Waals surface area contributed by atoms with Crippen LogP contribution in [0.25, 0.3) is 0 Å². The molecule has 0 bridgehead atoms. The summed E-state index contributed by atoms with van der Waals surface area (Å²) in [4.78, 5) is 30.3. The second-order valence-electron chi connectivity index (χ2n) is 6.61. The first-order valence-corrected chi connectivity index (χ1v) is 8.53. The lowest BCUT2D eigenvalue weighted by molar-refractivity contribution is -0.127. The van der Waals surface area contributed by atoms with E-state index in [1.165, 1.54) is 0 Å². The van der Waals surface area contributed by atoms with E-state index in [0.29, 0.717) is 19.4 Å². The largest absolute Gasteiger partial charge is 0.355 e. The van der Waals surface area contributed by atoms with Gasteiger partial charge in [-0.05, 0) is 29.7 Å². The molecule has 1 aliphatic rings. The Balaban J connectivity index is 1.64. The second-order valence-corrected chi connectivity index (χ2v) is 6.61. The second kappa shape index (κ2) is 7.47. The van der Waals surface area contributed by atoms with E-state index in [-0.39, 0.29) is 23.8 Å². The average molecular weight is 337 g/mol. The molecule has 1 aromatic carbocycles. The number of hydrogen-bond donors (Lipinski definition) is 1. The van der Waals surface area contributed by atoms with E-state index in [1.807, 2.05) is 50.4 Å². The number of likely N-dealkylation sites (tertiary alicyclic amines) is 1. The third-order valence-corrected chi connectivity index (χ3v) is 4.88. The third-order valence-electron chi connectivity index (χ3n) is 4.88. The summed E-state index contributed by atoms with van der Waals surface area (Å²) in [6.07, 6.45) is 4.26. The molecule has 25 heavy (non-hydrogen) atoms. The van der Waals surface area contributed by atoms with Gasteiger partial charge in [-0.15, -0.1) is 0 Å². The SMILES string of the molecule is Cc1cnccc1CC(=O)NC[C@@H]1CC(=O)N(C)[C@H]1c1ccccc1. The van der Waals surface area contributed by atoms with Crippen molar-refractivity contribution in [2.75, 3.05) is 13.6 Å². The number of benzene rings is 1. The smallest absolute Gasteiger partial charge is 0.224 e. The lowest BCUT2D eigenvalue weighted by atomic mass is 9.93. The summed E-state index contributed by atoms with van der Waals surface area (Å²) in [5, 5.41) is 3.00. The molecule has 0 aliphatic carbocycles. The van der Waals surface area contributed by atoms with Gasteiger partial charge in [-0.3, -0.25) is 14.6 Å². The van der Waals surface area contributed by atoms with Gasteiger partial charge in [0.15, 0.2) is 0 Å². The van der Waals surface area contributed by atoms with Crippen molar-refractivity contribution in [2.45, 2.75) is 25.8 Å². The molecule has 3 rings (SSSR count). The predicted molar refractivity (Wildman–Crippen MR) is 95.7 cm³/mol. The lowest BCUT2D eigenvalue weighted by Gasteiger charge is -2.25. The summed E-state index contributed by atoms with van der Waals surface area (Å²) in [6, 6.07) is 11.9. The number of carbonyl (C=O) groups excluding carboxylic acids is 2. The maximum atomic E-state index is 12.3. The van der Waals surface area contributed by atoms with E-state index >= 15 is 0 Å². The number of nitrogens with zero attached hydrogens (tertiary/aromatic N) is 2. The molecule has 0 spiro atoms. The van der Waals surface area contributed by atoms with Crippen molar-refractivity contribution in [1.29, 1.82) is 0 Å². The minimum Gasteiger partial charge on any atom is -0.355 e. The van der Waals surface area contributed by atoms with Gasteiger partial charge >= 0.3 is 0 Å². The van der Waals surface area contributed by atoms with Crippen LogP contribution in [0.1, 0.15) is 29.2 Å². The third kappa shape index (κ3) is 3.87. The van der Waals surface area contributed by atoms with Gasteiger partial charge in [-0.25, -0.2) is 0 Å². The van der Waals surface area contributed by atoms with E-state index in [0.717, 1.165) is 16.7 Å². The zero-order chi connectivity index (χ0) is 17.8. The molecule has 5 nitrogen and oxygen atoms in total. The van der Waals surface area contributed by atoms with Gasteiger partial charge in [-0.1, -0.05) is 30.3 Å². The van der Waals surface area contributed by atoms with Crippen LogP contribution in [0.4, 0.5) is 0 Å². The fraction of sp³-hybridized carbons (Fsp3) is 0.350. The highest BCUT2D eigenvalue weighted by Gasteiger charge is 2.38. The summed E-state index contributed by atoms with van der Waals surface area (Å²) >= 11 is 0. The molecule has 0 unspecified atom stereocenters. The van der Waals surface area contributed by atoms with Crippen LogP contribution in [0.5, 0.6) is 0 Å². The standard InChI is InChI=1S/C20H23N3O2/c1-14-12-21-9-8-16(14)10-18(24)22-13-17-11-19(25)23(2)20(17)15-6-4-3-5-7-15/h3-9,12,17,20H,10-11,13H2,1-2H3,(H,22,24)/t17-,20-/m0/s1. The van der Waals surface area contributed by atoms with E-state index in [2.05, 4.69) is 10.3 Å². The summed E-state index contributed by atoms with van der Waals surface area (Å²) < 4.78 is 0. The fourth-order valence-corrected chi connectivity index (χ4v) is 3.46. The highest BCUT2D eigenvalue weighted by atomic mass is 16.2. The quantitative estimate of drug-likeness (QED) is 0.910. The highest BCUT2D eigenvalue weighted by molar-refractivity contribution is 5.81. The molecule has 2 amide bonds. The summed E-state index contributed by atoms with van der Waals surface area (Å²) in [5.74, 6) is 0.184. The average Bonchev–Trinajstić information content (AvgIpc) is 2.90. The van der Waals surface area contributed by atoms with Crippen LogP contribution < -0.4 is 5.32 Å². The van der Waals surface area contributed by atoms with Gasteiger partial charge in [0.25, 0.3) is 0 Å². The maximum absolute atomic E-state index is 12.3. The van der Waals surface area contributed by atoms with Gasteiger partial charge in [0.1, 0.15) is 0 Å². The molecule has 1 N–H and O–H groups in total. The van der Waals surface area contributed by atoms with Crippen molar-refractivity contribution in [3.05, 3.63) is 65.5 Å². The molecule has 1 aliphatic heterocycles. The number of carbonyl (C=O) groups is 2. The van der Waals surface area contributed by atoms with Crippen LogP contribution >= 0.6 is 0 Å². The molecular weight excluding hydrogens is 314 g/mol. The van der Waals surface area contributed by atoms with Crippen molar-refractivity contribution in [3.8, 4) is 0 Å². The highest BCUT2D eigenvalue weighted by Crippen LogP contribution is 2.36. The topological polar surface area (TPSA) is 62.3 Å². The molecule has 1 saturated heterocycles. The Labute approximate surface area is 148 Å².